The second kappa shape index (κ2) is 5.17. The molecule has 2 nitrogen and oxygen atoms in total. The Hall–Kier alpha value is -1.02. The fourth-order valence-corrected chi connectivity index (χ4v) is 1.91. The van der Waals surface area contributed by atoms with Crippen LogP contribution in [0.4, 0.5) is 0 Å². The Bertz CT molecular complexity index is 320. The largest absolute Gasteiger partial charge is 0.496 e. The number of hydrogen-bond acceptors (Lipinski definition) is 2. The Balaban J connectivity index is 3.03. The van der Waals surface area contributed by atoms with Crippen LogP contribution in [0.3, 0.4) is 0 Å². The number of nitrogens with one attached hydrogen (secondary N) is 1. The molecule has 0 aromatic heterocycles. The highest BCUT2D eigenvalue weighted by molar-refractivity contribution is 5.37. The van der Waals surface area contributed by atoms with Crippen molar-refractivity contribution in [3.63, 3.8) is 0 Å². The van der Waals surface area contributed by atoms with E-state index in [4.69, 9.17) is 4.74 Å². The van der Waals surface area contributed by atoms with Gasteiger partial charge in [0.05, 0.1) is 7.11 Å². The first-order valence-corrected chi connectivity index (χ1v) is 5.42. The third-order valence-corrected chi connectivity index (χ3v) is 2.77. The van der Waals surface area contributed by atoms with Gasteiger partial charge in [0.25, 0.3) is 0 Å². The molecule has 1 N–H and O–H groups in total. The van der Waals surface area contributed by atoms with E-state index in [1.807, 2.05) is 7.05 Å². The van der Waals surface area contributed by atoms with Crippen molar-refractivity contribution >= 4 is 0 Å². The van der Waals surface area contributed by atoms with Crippen molar-refractivity contribution in [2.24, 2.45) is 5.92 Å². The molecule has 0 aliphatic rings. The van der Waals surface area contributed by atoms with E-state index in [1.165, 1.54) is 11.1 Å². The van der Waals surface area contributed by atoms with Gasteiger partial charge in [-0.15, -0.1) is 0 Å². The minimum Gasteiger partial charge on any atom is -0.496 e. The summed E-state index contributed by atoms with van der Waals surface area (Å²) in [7, 11) is 3.72. The topological polar surface area (TPSA) is 21.3 Å². The van der Waals surface area contributed by atoms with E-state index in [9.17, 15) is 0 Å². The van der Waals surface area contributed by atoms with Crippen LogP contribution in [0.2, 0.25) is 0 Å². The maximum Gasteiger partial charge on any atom is 0.122 e. The van der Waals surface area contributed by atoms with Crippen molar-refractivity contribution in [3.05, 3.63) is 29.3 Å². The smallest absolute Gasteiger partial charge is 0.122 e. The van der Waals surface area contributed by atoms with Crippen molar-refractivity contribution < 1.29 is 4.74 Å². The third-order valence-electron chi connectivity index (χ3n) is 2.77. The molecule has 0 aliphatic heterocycles. The van der Waals surface area contributed by atoms with Crippen molar-refractivity contribution in [2.45, 2.75) is 26.8 Å². The summed E-state index contributed by atoms with van der Waals surface area (Å²) in [5, 5.41) is 3.33. The number of benzene rings is 1. The molecular weight excluding hydrogens is 186 g/mol. The van der Waals surface area contributed by atoms with Crippen LogP contribution in [0.1, 0.15) is 31.0 Å². The number of ether oxygens (including phenoxy) is 1. The first kappa shape index (κ1) is 12.1. The quantitative estimate of drug-likeness (QED) is 0.819. The molecule has 1 rings (SSSR count). The molecule has 1 aromatic carbocycles. The van der Waals surface area contributed by atoms with Crippen molar-refractivity contribution in [3.8, 4) is 5.75 Å². The summed E-state index contributed by atoms with van der Waals surface area (Å²) in [6, 6.07) is 6.79. The summed E-state index contributed by atoms with van der Waals surface area (Å²) < 4.78 is 5.33. The van der Waals surface area contributed by atoms with Crippen LogP contribution < -0.4 is 10.1 Å². The average molecular weight is 207 g/mol. The summed E-state index contributed by atoms with van der Waals surface area (Å²) in [6.45, 7) is 6.49. The number of hydrogen-bond donors (Lipinski definition) is 1. The SMILES string of the molecule is CNC(c1ccc(C)c(OC)c1)C(C)C. The first-order chi connectivity index (χ1) is 7.10. The molecule has 0 saturated heterocycles. The van der Waals surface area contributed by atoms with Gasteiger partial charge >= 0.3 is 0 Å². The van der Waals surface area contributed by atoms with E-state index >= 15 is 0 Å². The molecule has 0 bridgehead atoms. The first-order valence-electron chi connectivity index (χ1n) is 5.42. The maximum absolute atomic E-state index is 5.33. The molecule has 0 saturated carbocycles. The number of rotatable bonds is 4. The Morgan fingerprint density at radius 2 is 1.93 bits per heavy atom. The van der Waals surface area contributed by atoms with Gasteiger partial charge in [0.15, 0.2) is 0 Å². The van der Waals surface area contributed by atoms with E-state index in [0.29, 0.717) is 12.0 Å². The molecule has 0 amide bonds. The maximum atomic E-state index is 5.33. The Kier molecular flexibility index (Phi) is 4.15. The monoisotopic (exact) mass is 207 g/mol. The fourth-order valence-electron chi connectivity index (χ4n) is 1.91. The van der Waals surface area contributed by atoms with E-state index < -0.39 is 0 Å². The Labute approximate surface area is 92.6 Å². The molecule has 0 fully saturated rings. The molecule has 0 heterocycles. The zero-order chi connectivity index (χ0) is 11.4. The Morgan fingerprint density at radius 1 is 1.27 bits per heavy atom. The molecule has 84 valence electrons. The van der Waals surface area contributed by atoms with E-state index in [1.54, 1.807) is 7.11 Å². The van der Waals surface area contributed by atoms with E-state index in [0.717, 1.165) is 5.75 Å². The van der Waals surface area contributed by atoms with Gasteiger partial charge in [0.2, 0.25) is 0 Å². The van der Waals surface area contributed by atoms with Crippen LogP contribution >= 0.6 is 0 Å². The van der Waals surface area contributed by atoms with Gasteiger partial charge < -0.3 is 10.1 Å². The highest BCUT2D eigenvalue weighted by Gasteiger charge is 2.14. The second-order valence-electron chi connectivity index (χ2n) is 4.24. The van der Waals surface area contributed by atoms with Crippen molar-refractivity contribution in [2.75, 3.05) is 14.2 Å². The lowest BCUT2D eigenvalue weighted by atomic mass is 9.95. The lowest BCUT2D eigenvalue weighted by Crippen LogP contribution is -2.21. The van der Waals surface area contributed by atoms with Gasteiger partial charge in [-0.3, -0.25) is 0 Å². The third kappa shape index (κ3) is 2.72. The van der Waals surface area contributed by atoms with Crippen LogP contribution in [0.25, 0.3) is 0 Å². The van der Waals surface area contributed by atoms with Crippen LogP contribution in [0.5, 0.6) is 5.75 Å². The average Bonchev–Trinajstić information content (AvgIpc) is 2.21. The Morgan fingerprint density at radius 3 is 2.40 bits per heavy atom. The lowest BCUT2D eigenvalue weighted by Gasteiger charge is -2.21. The normalized spacial score (nSPS) is 12.9. The molecule has 15 heavy (non-hydrogen) atoms. The van der Waals surface area contributed by atoms with Crippen LogP contribution in [-0.4, -0.2) is 14.2 Å². The highest BCUT2D eigenvalue weighted by atomic mass is 16.5. The molecular formula is C13H21NO. The second-order valence-corrected chi connectivity index (χ2v) is 4.24. The molecule has 0 radical (unpaired) electrons. The van der Waals surface area contributed by atoms with Gasteiger partial charge in [0.1, 0.15) is 5.75 Å². The molecule has 0 aliphatic carbocycles. The van der Waals surface area contributed by atoms with Gasteiger partial charge in [-0.25, -0.2) is 0 Å². The number of methoxy groups -OCH3 is 1. The minimum absolute atomic E-state index is 0.388. The van der Waals surface area contributed by atoms with Crippen molar-refractivity contribution in [1.82, 2.24) is 5.32 Å². The van der Waals surface area contributed by atoms with Crippen LogP contribution in [0, 0.1) is 12.8 Å². The summed E-state index contributed by atoms with van der Waals surface area (Å²) in [5.41, 5.74) is 2.47. The van der Waals surface area contributed by atoms with Crippen molar-refractivity contribution in [1.29, 1.82) is 0 Å². The molecule has 1 aromatic rings. The standard InChI is InChI=1S/C13H21NO/c1-9(2)13(14-4)11-7-6-10(3)12(8-11)15-5/h6-9,13-14H,1-5H3. The summed E-state index contributed by atoms with van der Waals surface area (Å²) >= 11 is 0. The van der Waals surface area contributed by atoms with Crippen LogP contribution in [-0.2, 0) is 0 Å². The van der Waals surface area contributed by atoms with Gasteiger partial charge in [-0.1, -0.05) is 26.0 Å². The predicted octanol–water partition coefficient (Wildman–Crippen LogP) is 2.92. The zero-order valence-electron chi connectivity index (χ0n) is 10.3. The summed E-state index contributed by atoms with van der Waals surface area (Å²) in [5.74, 6) is 1.54. The fraction of sp³-hybridized carbons (Fsp3) is 0.538. The zero-order valence-corrected chi connectivity index (χ0v) is 10.3. The molecule has 1 unspecified atom stereocenters. The highest BCUT2D eigenvalue weighted by Crippen LogP contribution is 2.26. The summed E-state index contributed by atoms with van der Waals surface area (Å²) in [6.07, 6.45) is 0. The van der Waals surface area contributed by atoms with Gasteiger partial charge in [-0.05, 0) is 37.1 Å². The lowest BCUT2D eigenvalue weighted by molar-refractivity contribution is 0.405. The summed E-state index contributed by atoms with van der Waals surface area (Å²) in [4.78, 5) is 0. The van der Waals surface area contributed by atoms with E-state index in [-0.39, 0.29) is 0 Å². The molecule has 0 spiro atoms. The van der Waals surface area contributed by atoms with Gasteiger partial charge in [0, 0.05) is 6.04 Å². The molecule has 1 atom stereocenters. The van der Waals surface area contributed by atoms with E-state index in [2.05, 4.69) is 44.3 Å². The van der Waals surface area contributed by atoms with Crippen LogP contribution in [0.15, 0.2) is 18.2 Å². The predicted molar refractivity (Wildman–Crippen MR) is 64.4 cm³/mol. The molecule has 2 heteroatoms. The van der Waals surface area contributed by atoms with Gasteiger partial charge in [-0.2, -0.15) is 0 Å². The minimum atomic E-state index is 0.388. The number of aryl methyl sites for hydroxylation is 1.